The maximum Gasteiger partial charge on any atom is 0.251 e. The number of carbonyl (C=O) groups is 2. The molecule has 0 atom stereocenters. The molecule has 36 heavy (non-hydrogen) atoms. The van der Waals surface area contributed by atoms with Gasteiger partial charge in [-0.15, -0.1) is 0 Å². The number of fused-ring (bicyclic) bond motifs is 2. The summed E-state index contributed by atoms with van der Waals surface area (Å²) < 4.78 is 0. The maximum atomic E-state index is 12.7. The van der Waals surface area contributed by atoms with Crippen molar-refractivity contribution in [2.75, 3.05) is 52.4 Å². The number of hydrogen-bond acceptors (Lipinski definition) is 4. The van der Waals surface area contributed by atoms with Crippen molar-refractivity contribution >= 4 is 33.4 Å². The Morgan fingerprint density at radius 1 is 0.556 bits per heavy atom. The zero-order chi connectivity index (χ0) is 24.7. The van der Waals surface area contributed by atoms with E-state index in [0.29, 0.717) is 13.1 Å². The van der Waals surface area contributed by atoms with Crippen LogP contribution in [0.2, 0.25) is 0 Å². The zero-order valence-electron chi connectivity index (χ0n) is 20.5. The Bertz CT molecular complexity index is 1250. The smallest absolute Gasteiger partial charge is 0.251 e. The molecule has 0 radical (unpaired) electrons. The fraction of sp³-hybridized carbons (Fsp3) is 0.267. The lowest BCUT2D eigenvalue weighted by Crippen LogP contribution is -2.50. The summed E-state index contributed by atoms with van der Waals surface area (Å²) >= 11 is 0. The highest BCUT2D eigenvalue weighted by molar-refractivity contribution is 6.07. The van der Waals surface area contributed by atoms with Gasteiger partial charge in [-0.1, -0.05) is 72.8 Å². The highest BCUT2D eigenvalue weighted by Crippen LogP contribution is 2.19. The molecule has 0 aliphatic carbocycles. The van der Waals surface area contributed by atoms with Crippen LogP contribution >= 0.6 is 0 Å². The first-order chi connectivity index (χ1) is 17.7. The lowest BCUT2D eigenvalue weighted by Gasteiger charge is -2.34. The molecule has 1 heterocycles. The summed E-state index contributed by atoms with van der Waals surface area (Å²) in [6.45, 7) is 6.77. The van der Waals surface area contributed by atoms with Gasteiger partial charge in [-0.05, 0) is 33.7 Å². The van der Waals surface area contributed by atoms with E-state index in [1.807, 2.05) is 84.9 Å². The van der Waals surface area contributed by atoms with Crippen molar-refractivity contribution in [3.05, 3.63) is 96.1 Å². The van der Waals surface area contributed by atoms with E-state index in [2.05, 4.69) is 20.4 Å². The Morgan fingerprint density at radius 3 is 1.39 bits per heavy atom. The van der Waals surface area contributed by atoms with Crippen LogP contribution in [0.25, 0.3) is 21.5 Å². The molecule has 184 valence electrons. The number of nitrogens with zero attached hydrogens (tertiary/aromatic N) is 2. The van der Waals surface area contributed by atoms with Gasteiger partial charge in [0.05, 0.1) is 0 Å². The largest absolute Gasteiger partial charge is 0.351 e. The molecule has 6 heteroatoms. The van der Waals surface area contributed by atoms with Crippen LogP contribution in [0.1, 0.15) is 20.7 Å². The summed E-state index contributed by atoms with van der Waals surface area (Å²) in [5.74, 6) is -0.0419. The Kier molecular flexibility index (Phi) is 7.55. The molecule has 1 aliphatic heterocycles. The molecule has 0 bridgehead atoms. The summed E-state index contributed by atoms with van der Waals surface area (Å²) in [6.07, 6.45) is 0. The summed E-state index contributed by atoms with van der Waals surface area (Å²) in [5.41, 5.74) is 1.45. The zero-order valence-corrected chi connectivity index (χ0v) is 20.5. The highest BCUT2D eigenvalue weighted by Gasteiger charge is 2.17. The predicted octanol–water partition coefficient (Wildman–Crippen LogP) is 3.77. The minimum Gasteiger partial charge on any atom is -0.351 e. The average Bonchev–Trinajstić information content (AvgIpc) is 2.93. The number of hydrogen-bond donors (Lipinski definition) is 2. The number of carbonyl (C=O) groups excluding carboxylic acids is 2. The van der Waals surface area contributed by atoms with Crippen LogP contribution in [-0.2, 0) is 0 Å². The van der Waals surface area contributed by atoms with Crippen LogP contribution < -0.4 is 10.6 Å². The van der Waals surface area contributed by atoms with Crippen molar-refractivity contribution in [2.45, 2.75) is 0 Å². The molecule has 1 aliphatic rings. The third-order valence-electron chi connectivity index (χ3n) is 6.96. The number of benzene rings is 4. The van der Waals surface area contributed by atoms with E-state index in [0.717, 1.165) is 71.9 Å². The number of amides is 2. The molecule has 4 aromatic carbocycles. The van der Waals surface area contributed by atoms with Gasteiger partial charge in [0.2, 0.25) is 0 Å². The molecule has 6 nitrogen and oxygen atoms in total. The molecule has 1 fully saturated rings. The molecule has 0 spiro atoms. The Morgan fingerprint density at radius 2 is 0.944 bits per heavy atom. The average molecular weight is 481 g/mol. The van der Waals surface area contributed by atoms with E-state index in [1.54, 1.807) is 0 Å². The van der Waals surface area contributed by atoms with Gasteiger partial charge < -0.3 is 10.6 Å². The quantitative estimate of drug-likeness (QED) is 0.403. The normalized spacial score (nSPS) is 14.7. The van der Waals surface area contributed by atoms with Crippen molar-refractivity contribution in [2.24, 2.45) is 0 Å². The van der Waals surface area contributed by atoms with Crippen LogP contribution in [0.5, 0.6) is 0 Å². The van der Waals surface area contributed by atoms with Crippen LogP contribution in [0.15, 0.2) is 84.9 Å². The molecule has 2 N–H and O–H groups in total. The van der Waals surface area contributed by atoms with Crippen LogP contribution in [0.3, 0.4) is 0 Å². The molecule has 0 unspecified atom stereocenters. The Labute approximate surface area is 211 Å². The summed E-state index contributed by atoms with van der Waals surface area (Å²) in [4.78, 5) is 30.2. The fourth-order valence-corrected chi connectivity index (χ4v) is 4.93. The van der Waals surface area contributed by atoms with E-state index >= 15 is 0 Å². The van der Waals surface area contributed by atoms with Crippen LogP contribution in [-0.4, -0.2) is 74.0 Å². The van der Waals surface area contributed by atoms with E-state index < -0.39 is 0 Å². The molecule has 1 saturated heterocycles. The second-order valence-electron chi connectivity index (χ2n) is 9.25. The minimum absolute atomic E-state index is 0.0210. The van der Waals surface area contributed by atoms with Gasteiger partial charge in [-0.25, -0.2) is 0 Å². The first-order valence-electron chi connectivity index (χ1n) is 12.7. The van der Waals surface area contributed by atoms with Crippen LogP contribution in [0.4, 0.5) is 0 Å². The molecule has 5 rings (SSSR count). The Hall–Kier alpha value is -3.74. The van der Waals surface area contributed by atoms with Gasteiger partial charge in [-0.2, -0.15) is 0 Å². The van der Waals surface area contributed by atoms with E-state index in [9.17, 15) is 9.59 Å². The molecular weight excluding hydrogens is 448 g/mol. The first kappa shape index (κ1) is 24.0. The van der Waals surface area contributed by atoms with Gasteiger partial charge in [0.15, 0.2) is 0 Å². The minimum atomic E-state index is -0.0210. The van der Waals surface area contributed by atoms with Crippen molar-refractivity contribution in [1.82, 2.24) is 20.4 Å². The van der Waals surface area contributed by atoms with E-state index in [4.69, 9.17) is 0 Å². The van der Waals surface area contributed by atoms with E-state index in [-0.39, 0.29) is 11.8 Å². The van der Waals surface area contributed by atoms with Gasteiger partial charge in [0.1, 0.15) is 0 Å². The lowest BCUT2D eigenvalue weighted by atomic mass is 10.0. The second-order valence-corrected chi connectivity index (χ2v) is 9.25. The van der Waals surface area contributed by atoms with Crippen molar-refractivity contribution in [3.8, 4) is 0 Å². The van der Waals surface area contributed by atoms with Gasteiger partial charge >= 0.3 is 0 Å². The first-order valence-corrected chi connectivity index (χ1v) is 12.7. The highest BCUT2D eigenvalue weighted by atomic mass is 16.2. The van der Waals surface area contributed by atoms with Crippen molar-refractivity contribution < 1.29 is 9.59 Å². The Balaban J connectivity index is 1.02. The standard InChI is InChI=1S/C30H32N4O2/c35-29(27-13-5-9-23-7-1-3-11-25(23)27)31-15-17-33-19-21-34(22-20-33)18-16-32-30(36)28-14-6-10-24-8-2-4-12-26(24)28/h1-14H,15-22H2,(H,31,35)(H,32,36). The molecular formula is C30H32N4O2. The predicted molar refractivity (Wildman–Crippen MR) is 145 cm³/mol. The fourth-order valence-electron chi connectivity index (χ4n) is 4.93. The number of piperazine rings is 1. The topological polar surface area (TPSA) is 64.7 Å². The summed E-state index contributed by atoms with van der Waals surface area (Å²) in [5, 5.41) is 10.3. The third-order valence-corrected chi connectivity index (χ3v) is 6.96. The molecule has 0 aromatic heterocycles. The number of nitrogens with one attached hydrogen (secondary N) is 2. The molecule has 0 saturated carbocycles. The monoisotopic (exact) mass is 480 g/mol. The lowest BCUT2D eigenvalue weighted by molar-refractivity contribution is 0.0916. The number of rotatable bonds is 8. The SMILES string of the molecule is O=C(NCCN1CCN(CCNC(=O)c2cccc3ccccc23)CC1)c1cccc2ccccc12. The van der Waals surface area contributed by atoms with Gasteiger partial charge in [-0.3, -0.25) is 19.4 Å². The maximum absolute atomic E-state index is 12.7. The second kappa shape index (κ2) is 11.3. The third kappa shape index (κ3) is 5.56. The molecule has 4 aromatic rings. The molecule has 2 amide bonds. The van der Waals surface area contributed by atoms with Gasteiger partial charge in [0, 0.05) is 63.5 Å². The summed E-state index contributed by atoms with van der Waals surface area (Å²) in [7, 11) is 0. The summed E-state index contributed by atoms with van der Waals surface area (Å²) in [6, 6.07) is 27.6. The van der Waals surface area contributed by atoms with Crippen molar-refractivity contribution in [3.63, 3.8) is 0 Å². The van der Waals surface area contributed by atoms with Crippen molar-refractivity contribution in [1.29, 1.82) is 0 Å². The van der Waals surface area contributed by atoms with Gasteiger partial charge in [0.25, 0.3) is 11.8 Å². The van der Waals surface area contributed by atoms with Crippen LogP contribution in [0, 0.1) is 0 Å². The van der Waals surface area contributed by atoms with E-state index in [1.165, 1.54) is 0 Å².